The number of benzene rings is 2. The maximum Gasteiger partial charge on any atom is 0.346 e. The molecule has 0 bridgehead atoms. The fourth-order valence-electron chi connectivity index (χ4n) is 5.57. The van der Waals surface area contributed by atoms with E-state index < -0.39 is 44.5 Å². The number of hydrogen-bond donors (Lipinski definition) is 2. The largest absolute Gasteiger partial charge is 0.481 e. The molecule has 8 nitrogen and oxygen atoms in total. The van der Waals surface area contributed by atoms with Gasteiger partial charge in [-0.05, 0) is 47.7 Å². The average Bonchev–Trinajstić information content (AvgIpc) is 2.84. The Kier molecular flexibility index (Phi) is 9.96. The van der Waals surface area contributed by atoms with Crippen molar-refractivity contribution in [1.82, 2.24) is 4.90 Å². The van der Waals surface area contributed by atoms with E-state index in [0.29, 0.717) is 10.0 Å². The monoisotopic (exact) mass is 609 g/mol. The third kappa shape index (κ3) is 6.98. The highest BCUT2D eigenvalue weighted by molar-refractivity contribution is 7.94. The van der Waals surface area contributed by atoms with E-state index in [1.54, 1.807) is 43.9 Å². The fourth-order valence-corrected chi connectivity index (χ4v) is 7.91. The summed E-state index contributed by atoms with van der Waals surface area (Å²) in [6.45, 7) is 8.86. The Bertz CT molecular complexity index is 1390. The van der Waals surface area contributed by atoms with Crippen LogP contribution in [-0.4, -0.2) is 49.2 Å². The lowest BCUT2D eigenvalue weighted by atomic mass is 9.66. The van der Waals surface area contributed by atoms with Crippen LogP contribution >= 0.6 is 23.2 Å². The van der Waals surface area contributed by atoms with Crippen molar-refractivity contribution < 1.29 is 23.7 Å². The van der Waals surface area contributed by atoms with Crippen LogP contribution in [0.2, 0.25) is 10.0 Å². The lowest BCUT2D eigenvalue weighted by Gasteiger charge is -2.53. The summed E-state index contributed by atoms with van der Waals surface area (Å²) >= 11 is 12.6. The molecule has 1 aliphatic heterocycles. The van der Waals surface area contributed by atoms with Crippen LogP contribution < -0.4 is 5.73 Å². The topological polar surface area (TPSA) is 130 Å². The normalized spacial score (nSPS) is 23.6. The van der Waals surface area contributed by atoms with Crippen LogP contribution in [0.4, 0.5) is 4.79 Å². The first kappa shape index (κ1) is 31.9. The van der Waals surface area contributed by atoms with Gasteiger partial charge in [0.05, 0.1) is 33.4 Å². The average molecular weight is 611 g/mol. The van der Waals surface area contributed by atoms with Crippen LogP contribution in [0.5, 0.6) is 0 Å². The standard InChI is InChI=1S/C29H37Cl2N3O5S/c1-17(2)24(16-40(39,18(3)4)33-28(32)38)34-26(19-9-11-21(30)12-10-19)23(20-7-6-8-22(31)13-20)14-29(5,27(34)37)15-25(35)36/h6-13,17-18,23-24,26H,14-16H2,1-5H3,(H2,32,38)(H,35,36)/t23-,24-,26-,29-,40?/m1/s1. The third-order valence-corrected chi connectivity index (χ3v) is 10.9. The fraction of sp³-hybridized carbons (Fsp3) is 0.483. The molecule has 2 aromatic rings. The first-order chi connectivity index (χ1) is 18.6. The van der Waals surface area contributed by atoms with Gasteiger partial charge in [-0.1, -0.05) is 82.1 Å². The molecule has 1 heterocycles. The van der Waals surface area contributed by atoms with Crippen LogP contribution in [0.15, 0.2) is 52.9 Å². The first-order valence-electron chi connectivity index (χ1n) is 13.2. The van der Waals surface area contributed by atoms with E-state index in [-0.39, 0.29) is 36.3 Å². The molecule has 218 valence electrons. The summed E-state index contributed by atoms with van der Waals surface area (Å²) in [5.41, 5.74) is 5.72. The number of nitrogens with two attached hydrogens (primary N) is 1. The molecule has 5 atom stereocenters. The van der Waals surface area contributed by atoms with Crippen molar-refractivity contribution >= 4 is 50.8 Å². The third-order valence-electron chi connectivity index (χ3n) is 7.65. The maximum absolute atomic E-state index is 14.5. The van der Waals surface area contributed by atoms with Gasteiger partial charge in [0.1, 0.15) is 0 Å². The number of aliphatic carboxylic acids is 1. The molecule has 3 N–H and O–H groups in total. The van der Waals surface area contributed by atoms with Crippen LogP contribution in [0.25, 0.3) is 0 Å². The summed E-state index contributed by atoms with van der Waals surface area (Å²) in [4.78, 5) is 40.0. The van der Waals surface area contributed by atoms with Crippen LogP contribution in [-0.2, 0) is 19.3 Å². The van der Waals surface area contributed by atoms with Gasteiger partial charge in [0.2, 0.25) is 5.91 Å². The number of piperidine rings is 1. The molecule has 1 aliphatic rings. The van der Waals surface area contributed by atoms with E-state index in [2.05, 4.69) is 4.36 Å². The molecule has 2 aromatic carbocycles. The number of amides is 3. The highest BCUT2D eigenvalue weighted by Crippen LogP contribution is 2.52. The Morgan fingerprint density at radius 3 is 2.23 bits per heavy atom. The molecule has 0 saturated carbocycles. The minimum absolute atomic E-state index is 0.105. The summed E-state index contributed by atoms with van der Waals surface area (Å²) in [5, 5.41) is 10.4. The second kappa shape index (κ2) is 12.5. The second-order valence-corrected chi connectivity index (χ2v) is 15.1. The molecule has 0 aliphatic carbocycles. The minimum atomic E-state index is -3.19. The number of carboxylic acids is 1. The molecule has 1 fully saturated rings. The number of nitrogens with zero attached hydrogens (tertiary/aromatic N) is 2. The molecule has 0 radical (unpaired) electrons. The van der Waals surface area contributed by atoms with Gasteiger partial charge in [-0.15, -0.1) is 4.36 Å². The Hall–Kier alpha value is -2.62. The second-order valence-electron chi connectivity index (χ2n) is 11.4. The molecule has 3 amide bonds. The Morgan fingerprint density at radius 1 is 1.10 bits per heavy atom. The highest BCUT2D eigenvalue weighted by atomic mass is 35.5. The molecule has 1 unspecified atom stereocenters. The van der Waals surface area contributed by atoms with Gasteiger partial charge < -0.3 is 15.7 Å². The van der Waals surface area contributed by atoms with Crippen molar-refractivity contribution in [3.05, 3.63) is 69.7 Å². The molecule has 40 heavy (non-hydrogen) atoms. The van der Waals surface area contributed by atoms with E-state index in [0.717, 1.165) is 11.1 Å². The van der Waals surface area contributed by atoms with Gasteiger partial charge in [0, 0.05) is 27.3 Å². The van der Waals surface area contributed by atoms with Crippen molar-refractivity contribution in [2.75, 3.05) is 5.75 Å². The van der Waals surface area contributed by atoms with E-state index in [1.165, 1.54) is 0 Å². The molecular formula is C29H37Cl2N3O5S. The number of urea groups is 1. The number of carbonyl (C=O) groups is 3. The lowest BCUT2D eigenvalue weighted by molar-refractivity contribution is -0.161. The van der Waals surface area contributed by atoms with Gasteiger partial charge in [-0.25, -0.2) is 9.00 Å². The van der Waals surface area contributed by atoms with E-state index in [9.17, 15) is 23.7 Å². The zero-order valence-corrected chi connectivity index (χ0v) is 25.7. The zero-order chi connectivity index (χ0) is 30.0. The van der Waals surface area contributed by atoms with Gasteiger partial charge in [0.15, 0.2) is 0 Å². The van der Waals surface area contributed by atoms with Crippen LogP contribution in [0.1, 0.15) is 70.5 Å². The van der Waals surface area contributed by atoms with Gasteiger partial charge in [-0.3, -0.25) is 9.59 Å². The predicted molar refractivity (Wildman–Crippen MR) is 159 cm³/mol. The zero-order valence-electron chi connectivity index (χ0n) is 23.3. The number of halogens is 2. The van der Waals surface area contributed by atoms with Crippen LogP contribution in [0.3, 0.4) is 0 Å². The Balaban J connectivity index is 2.34. The van der Waals surface area contributed by atoms with Gasteiger partial charge in [0.25, 0.3) is 0 Å². The summed E-state index contributed by atoms with van der Waals surface area (Å²) < 4.78 is 17.9. The maximum atomic E-state index is 14.5. The van der Waals surface area contributed by atoms with Crippen LogP contribution in [0, 0.1) is 11.3 Å². The highest BCUT2D eigenvalue weighted by Gasteiger charge is 2.53. The number of carbonyl (C=O) groups excluding carboxylic acids is 2. The number of likely N-dealkylation sites (tertiary alicyclic amines) is 1. The van der Waals surface area contributed by atoms with Crippen molar-refractivity contribution in [3.63, 3.8) is 0 Å². The smallest absolute Gasteiger partial charge is 0.346 e. The van der Waals surface area contributed by atoms with Crippen molar-refractivity contribution in [3.8, 4) is 0 Å². The van der Waals surface area contributed by atoms with Gasteiger partial charge >= 0.3 is 12.0 Å². The van der Waals surface area contributed by atoms with E-state index >= 15 is 0 Å². The molecule has 0 aromatic heterocycles. The number of hydrogen-bond acceptors (Lipinski definition) is 4. The van der Waals surface area contributed by atoms with Crippen molar-refractivity contribution in [2.24, 2.45) is 21.4 Å². The van der Waals surface area contributed by atoms with Gasteiger partial charge in [-0.2, -0.15) is 0 Å². The number of primary amides is 1. The summed E-state index contributed by atoms with van der Waals surface area (Å²) in [5.74, 6) is -2.15. The molecule has 3 rings (SSSR count). The number of carboxylic acid groups (broad SMARTS) is 1. The summed E-state index contributed by atoms with van der Waals surface area (Å²) in [6.07, 6.45) is -0.138. The van der Waals surface area contributed by atoms with E-state index in [1.807, 2.05) is 44.2 Å². The Morgan fingerprint density at radius 2 is 1.73 bits per heavy atom. The summed E-state index contributed by atoms with van der Waals surface area (Å²) in [6, 6.07) is 12.2. The lowest BCUT2D eigenvalue weighted by Crippen LogP contribution is -2.59. The van der Waals surface area contributed by atoms with E-state index in [4.69, 9.17) is 28.9 Å². The quantitative estimate of drug-likeness (QED) is 0.334. The minimum Gasteiger partial charge on any atom is -0.481 e. The predicted octanol–water partition coefficient (Wildman–Crippen LogP) is 6.51. The number of rotatable bonds is 9. The molecule has 0 spiro atoms. The summed E-state index contributed by atoms with van der Waals surface area (Å²) in [7, 11) is -3.19. The first-order valence-corrected chi connectivity index (χ1v) is 15.7. The molecule has 1 saturated heterocycles. The van der Waals surface area contributed by atoms with Crippen molar-refractivity contribution in [2.45, 2.75) is 70.7 Å². The molecular weight excluding hydrogens is 573 g/mol. The SMILES string of the molecule is CC(C)[C@@H](CS(=O)(=NC(N)=O)C(C)C)N1C(=O)[C@@](C)(CC(=O)O)C[C@H](c2cccc(Cl)c2)[C@H]1c1ccc(Cl)cc1. The molecule has 11 heteroatoms. The Labute approximate surface area is 246 Å². The van der Waals surface area contributed by atoms with Crippen molar-refractivity contribution in [1.29, 1.82) is 0 Å².